The van der Waals surface area contributed by atoms with E-state index in [2.05, 4.69) is 5.32 Å². The standard InChI is InChI=1S/C14H20N2O3/c1-4-16(11(3)9-13(17)18)14(19)15-12-8-6-5-7-10(12)2/h5-8,11H,4,9H2,1-3H3,(H,15,19)(H,17,18). The van der Waals surface area contributed by atoms with Gasteiger partial charge in [-0.25, -0.2) is 4.79 Å². The highest BCUT2D eigenvalue weighted by Gasteiger charge is 2.20. The predicted molar refractivity (Wildman–Crippen MR) is 74.3 cm³/mol. The molecule has 0 saturated carbocycles. The van der Waals surface area contributed by atoms with E-state index >= 15 is 0 Å². The molecule has 1 atom stereocenters. The molecule has 2 amide bonds. The summed E-state index contributed by atoms with van der Waals surface area (Å²) in [6.07, 6.45) is -0.0605. The number of hydrogen-bond acceptors (Lipinski definition) is 2. The SMILES string of the molecule is CCN(C(=O)Nc1ccccc1C)C(C)CC(=O)O. The van der Waals surface area contributed by atoms with Crippen LogP contribution in [0.25, 0.3) is 0 Å². The number of rotatable bonds is 5. The van der Waals surface area contributed by atoms with Crippen LogP contribution in [0.2, 0.25) is 0 Å². The van der Waals surface area contributed by atoms with Gasteiger partial charge < -0.3 is 15.3 Å². The van der Waals surface area contributed by atoms with E-state index in [9.17, 15) is 9.59 Å². The maximum absolute atomic E-state index is 12.1. The quantitative estimate of drug-likeness (QED) is 0.859. The number of carboxylic acid groups (broad SMARTS) is 1. The molecule has 0 radical (unpaired) electrons. The second kappa shape index (κ2) is 6.78. The van der Waals surface area contributed by atoms with Crippen molar-refractivity contribution in [2.45, 2.75) is 33.2 Å². The molecule has 0 fully saturated rings. The highest BCUT2D eigenvalue weighted by Crippen LogP contribution is 2.15. The van der Waals surface area contributed by atoms with Crippen LogP contribution >= 0.6 is 0 Å². The van der Waals surface area contributed by atoms with Crippen LogP contribution in [0.5, 0.6) is 0 Å². The highest BCUT2D eigenvalue weighted by molar-refractivity contribution is 5.90. The van der Waals surface area contributed by atoms with Crippen molar-refractivity contribution < 1.29 is 14.7 Å². The molecular weight excluding hydrogens is 244 g/mol. The van der Waals surface area contributed by atoms with Crippen LogP contribution in [0, 0.1) is 6.92 Å². The average Bonchev–Trinajstić information content (AvgIpc) is 2.32. The van der Waals surface area contributed by atoms with Gasteiger partial charge in [-0.3, -0.25) is 4.79 Å². The van der Waals surface area contributed by atoms with Gasteiger partial charge >= 0.3 is 12.0 Å². The Balaban J connectivity index is 2.74. The van der Waals surface area contributed by atoms with Gasteiger partial charge in [-0.2, -0.15) is 0 Å². The molecule has 1 aromatic carbocycles. The number of aryl methyl sites for hydroxylation is 1. The number of carboxylic acids is 1. The number of hydrogen-bond donors (Lipinski definition) is 2. The molecule has 0 aliphatic heterocycles. The Labute approximate surface area is 113 Å². The smallest absolute Gasteiger partial charge is 0.322 e. The third kappa shape index (κ3) is 4.28. The summed E-state index contributed by atoms with van der Waals surface area (Å²) in [5.74, 6) is -0.908. The third-order valence-electron chi connectivity index (χ3n) is 2.99. The van der Waals surface area contributed by atoms with Crippen LogP contribution in [0.15, 0.2) is 24.3 Å². The van der Waals surface area contributed by atoms with E-state index in [1.165, 1.54) is 4.90 Å². The molecule has 1 rings (SSSR count). The van der Waals surface area contributed by atoms with Crippen molar-refractivity contribution in [3.05, 3.63) is 29.8 Å². The molecule has 104 valence electrons. The van der Waals surface area contributed by atoms with Crippen molar-refractivity contribution >= 4 is 17.7 Å². The number of benzene rings is 1. The number of amides is 2. The molecule has 0 saturated heterocycles. The third-order valence-corrected chi connectivity index (χ3v) is 2.99. The average molecular weight is 264 g/mol. The summed E-state index contributed by atoms with van der Waals surface area (Å²) in [6, 6.07) is 6.86. The molecule has 5 heteroatoms. The first kappa shape index (κ1) is 15.0. The normalized spacial score (nSPS) is 11.7. The number of urea groups is 1. The van der Waals surface area contributed by atoms with Crippen molar-refractivity contribution in [2.24, 2.45) is 0 Å². The Kier molecular flexibility index (Phi) is 5.36. The zero-order chi connectivity index (χ0) is 14.4. The number of para-hydroxylation sites is 1. The first-order chi connectivity index (χ1) is 8.95. The summed E-state index contributed by atoms with van der Waals surface area (Å²) in [5, 5.41) is 11.6. The predicted octanol–water partition coefficient (Wildman–Crippen LogP) is 2.71. The Bertz CT molecular complexity index is 460. The zero-order valence-electron chi connectivity index (χ0n) is 11.5. The van der Waals surface area contributed by atoms with Gasteiger partial charge in [0.25, 0.3) is 0 Å². The van der Waals surface area contributed by atoms with Gasteiger partial charge in [-0.15, -0.1) is 0 Å². The fourth-order valence-corrected chi connectivity index (χ4v) is 1.92. The van der Waals surface area contributed by atoms with Crippen molar-refractivity contribution in [1.29, 1.82) is 0 Å². The summed E-state index contributed by atoms with van der Waals surface area (Å²) in [7, 11) is 0. The van der Waals surface area contributed by atoms with Gasteiger partial charge in [0, 0.05) is 18.3 Å². The van der Waals surface area contributed by atoms with E-state index in [0.29, 0.717) is 6.54 Å². The lowest BCUT2D eigenvalue weighted by atomic mass is 10.2. The first-order valence-electron chi connectivity index (χ1n) is 6.30. The van der Waals surface area contributed by atoms with Crippen molar-refractivity contribution in [1.82, 2.24) is 4.90 Å². The molecule has 0 heterocycles. The largest absolute Gasteiger partial charge is 0.481 e. The summed E-state index contributed by atoms with van der Waals surface area (Å²) in [5.41, 5.74) is 1.71. The van der Waals surface area contributed by atoms with Gasteiger partial charge in [0.05, 0.1) is 6.42 Å². The summed E-state index contributed by atoms with van der Waals surface area (Å²) in [4.78, 5) is 24.4. The molecule has 5 nitrogen and oxygen atoms in total. The minimum atomic E-state index is -0.908. The molecule has 1 aromatic rings. The minimum Gasteiger partial charge on any atom is -0.481 e. The number of nitrogens with one attached hydrogen (secondary N) is 1. The van der Waals surface area contributed by atoms with E-state index in [-0.39, 0.29) is 18.5 Å². The van der Waals surface area contributed by atoms with Gasteiger partial charge in [0.2, 0.25) is 0 Å². The lowest BCUT2D eigenvalue weighted by Gasteiger charge is -2.27. The fraction of sp³-hybridized carbons (Fsp3) is 0.429. The molecule has 0 aliphatic rings. The molecular formula is C14H20N2O3. The van der Waals surface area contributed by atoms with Gasteiger partial charge in [0.1, 0.15) is 0 Å². The van der Waals surface area contributed by atoms with E-state index in [1.807, 2.05) is 38.1 Å². The number of anilines is 1. The summed E-state index contributed by atoms with van der Waals surface area (Å²) in [6.45, 7) is 5.93. The topological polar surface area (TPSA) is 69.6 Å². The van der Waals surface area contributed by atoms with Crippen molar-refractivity contribution in [3.63, 3.8) is 0 Å². The number of nitrogens with zero attached hydrogens (tertiary/aromatic N) is 1. The van der Waals surface area contributed by atoms with Crippen LogP contribution in [0.1, 0.15) is 25.8 Å². The van der Waals surface area contributed by atoms with Crippen molar-refractivity contribution in [2.75, 3.05) is 11.9 Å². The van der Waals surface area contributed by atoms with Crippen LogP contribution in [0.4, 0.5) is 10.5 Å². The fourth-order valence-electron chi connectivity index (χ4n) is 1.92. The zero-order valence-corrected chi connectivity index (χ0v) is 11.5. The molecule has 0 spiro atoms. The molecule has 0 aliphatic carbocycles. The van der Waals surface area contributed by atoms with Gasteiger partial charge in [0.15, 0.2) is 0 Å². The summed E-state index contributed by atoms with van der Waals surface area (Å²) < 4.78 is 0. The van der Waals surface area contributed by atoms with Crippen LogP contribution in [-0.2, 0) is 4.79 Å². The van der Waals surface area contributed by atoms with Crippen LogP contribution in [-0.4, -0.2) is 34.6 Å². The first-order valence-corrected chi connectivity index (χ1v) is 6.30. The molecule has 0 aromatic heterocycles. The second-order valence-corrected chi connectivity index (χ2v) is 4.48. The van der Waals surface area contributed by atoms with E-state index in [0.717, 1.165) is 11.3 Å². The Morgan fingerprint density at radius 1 is 1.37 bits per heavy atom. The number of carbonyl (C=O) groups excluding carboxylic acids is 1. The highest BCUT2D eigenvalue weighted by atomic mass is 16.4. The Hall–Kier alpha value is -2.04. The van der Waals surface area contributed by atoms with E-state index in [1.54, 1.807) is 6.92 Å². The van der Waals surface area contributed by atoms with E-state index < -0.39 is 5.97 Å². The lowest BCUT2D eigenvalue weighted by Crippen LogP contribution is -2.42. The Morgan fingerprint density at radius 2 is 2.00 bits per heavy atom. The second-order valence-electron chi connectivity index (χ2n) is 4.48. The van der Waals surface area contributed by atoms with Crippen molar-refractivity contribution in [3.8, 4) is 0 Å². The summed E-state index contributed by atoms with van der Waals surface area (Å²) >= 11 is 0. The monoisotopic (exact) mass is 264 g/mol. The molecule has 0 bridgehead atoms. The van der Waals surface area contributed by atoms with E-state index in [4.69, 9.17) is 5.11 Å². The lowest BCUT2D eigenvalue weighted by molar-refractivity contribution is -0.137. The van der Waals surface area contributed by atoms with Gasteiger partial charge in [-0.05, 0) is 32.4 Å². The van der Waals surface area contributed by atoms with Gasteiger partial charge in [-0.1, -0.05) is 18.2 Å². The maximum atomic E-state index is 12.1. The molecule has 2 N–H and O–H groups in total. The number of aliphatic carboxylic acids is 1. The molecule has 1 unspecified atom stereocenters. The van der Waals surface area contributed by atoms with Crippen LogP contribution < -0.4 is 5.32 Å². The number of carbonyl (C=O) groups is 2. The molecule has 19 heavy (non-hydrogen) atoms. The van der Waals surface area contributed by atoms with Crippen LogP contribution in [0.3, 0.4) is 0 Å². The Morgan fingerprint density at radius 3 is 2.53 bits per heavy atom. The minimum absolute atomic E-state index is 0.0605. The maximum Gasteiger partial charge on any atom is 0.322 e.